The highest BCUT2D eigenvalue weighted by Crippen LogP contribution is 2.25. The Morgan fingerprint density at radius 2 is 1.55 bits per heavy atom. The molecule has 29 heavy (non-hydrogen) atoms. The van der Waals surface area contributed by atoms with Crippen molar-refractivity contribution in [3.63, 3.8) is 0 Å². The number of amides is 3. The van der Waals surface area contributed by atoms with E-state index < -0.39 is 30.3 Å². The summed E-state index contributed by atoms with van der Waals surface area (Å²) in [5, 5.41) is 2.53. The van der Waals surface area contributed by atoms with E-state index in [0.717, 1.165) is 4.90 Å². The number of ether oxygens (including phenoxy) is 3. The molecular formula is C20H18N2O7. The third-order valence-corrected chi connectivity index (χ3v) is 4.29. The van der Waals surface area contributed by atoms with Gasteiger partial charge in [-0.1, -0.05) is 0 Å². The zero-order chi connectivity index (χ0) is 21.1. The number of carbonyl (C=O) groups is 4. The summed E-state index contributed by atoms with van der Waals surface area (Å²) < 4.78 is 15.2. The molecule has 2 aromatic rings. The summed E-state index contributed by atoms with van der Waals surface area (Å²) in [7, 11) is 4.28. The average Bonchev–Trinajstić information content (AvgIpc) is 2.95. The number of esters is 1. The summed E-state index contributed by atoms with van der Waals surface area (Å²) in [5.74, 6) is -1.36. The minimum Gasteiger partial charge on any atom is -0.497 e. The molecule has 0 saturated carbocycles. The number of nitrogens with one attached hydrogen (secondary N) is 1. The number of anilines is 1. The number of methoxy groups -OCH3 is 2. The van der Waals surface area contributed by atoms with Gasteiger partial charge in [0.15, 0.2) is 6.61 Å². The van der Waals surface area contributed by atoms with Crippen LogP contribution < -0.4 is 14.8 Å². The number of carbonyl (C=O) groups excluding carboxylic acids is 4. The van der Waals surface area contributed by atoms with Crippen LogP contribution in [-0.4, -0.2) is 56.5 Å². The first-order chi connectivity index (χ1) is 13.8. The van der Waals surface area contributed by atoms with E-state index in [0.29, 0.717) is 17.2 Å². The molecule has 0 unspecified atom stereocenters. The van der Waals surface area contributed by atoms with E-state index in [1.165, 1.54) is 51.6 Å². The minimum atomic E-state index is -0.728. The molecule has 0 fully saturated rings. The van der Waals surface area contributed by atoms with E-state index in [2.05, 4.69) is 5.32 Å². The highest BCUT2D eigenvalue weighted by molar-refractivity contribution is 6.21. The Kier molecular flexibility index (Phi) is 5.49. The standard InChI is InChI=1S/C20H18N2O7/c1-22-18(24)15-5-4-12(8-16(15)19(22)25)21-17(23)10-29-20(26)11-6-13(27-2)9-14(7-11)28-3/h4-9H,10H2,1-3H3,(H,21,23). The number of imide groups is 1. The molecule has 0 aliphatic carbocycles. The lowest BCUT2D eigenvalue weighted by molar-refractivity contribution is -0.119. The van der Waals surface area contributed by atoms with Crippen molar-refractivity contribution < 1.29 is 33.4 Å². The van der Waals surface area contributed by atoms with Crippen LogP contribution in [0.4, 0.5) is 5.69 Å². The van der Waals surface area contributed by atoms with Crippen LogP contribution in [0.2, 0.25) is 0 Å². The van der Waals surface area contributed by atoms with E-state index in [-0.39, 0.29) is 16.7 Å². The van der Waals surface area contributed by atoms with Crippen molar-refractivity contribution in [3.05, 3.63) is 53.1 Å². The molecule has 150 valence electrons. The summed E-state index contributed by atoms with van der Waals surface area (Å²) in [6.45, 7) is -0.539. The molecule has 0 saturated heterocycles. The predicted octanol–water partition coefficient (Wildman–Crippen LogP) is 1.73. The molecule has 1 heterocycles. The number of benzene rings is 2. The second kappa shape index (κ2) is 8.01. The van der Waals surface area contributed by atoms with E-state index in [1.54, 1.807) is 6.07 Å². The maximum absolute atomic E-state index is 12.2. The van der Waals surface area contributed by atoms with Gasteiger partial charge in [-0.3, -0.25) is 19.3 Å². The molecule has 9 nitrogen and oxygen atoms in total. The van der Waals surface area contributed by atoms with Crippen molar-refractivity contribution in [2.45, 2.75) is 0 Å². The molecule has 0 radical (unpaired) electrons. The molecule has 0 spiro atoms. The normalized spacial score (nSPS) is 12.4. The number of nitrogens with zero attached hydrogens (tertiary/aromatic N) is 1. The summed E-state index contributed by atoms with van der Waals surface area (Å²) >= 11 is 0. The zero-order valence-electron chi connectivity index (χ0n) is 16.0. The van der Waals surface area contributed by atoms with Crippen LogP contribution >= 0.6 is 0 Å². The van der Waals surface area contributed by atoms with Crippen LogP contribution in [0.25, 0.3) is 0 Å². The highest BCUT2D eigenvalue weighted by Gasteiger charge is 2.32. The monoisotopic (exact) mass is 398 g/mol. The van der Waals surface area contributed by atoms with E-state index in [1.807, 2.05) is 0 Å². The molecule has 1 N–H and O–H groups in total. The van der Waals surface area contributed by atoms with Gasteiger partial charge in [0.2, 0.25) is 0 Å². The molecule has 0 atom stereocenters. The van der Waals surface area contributed by atoms with Gasteiger partial charge in [-0.05, 0) is 30.3 Å². The van der Waals surface area contributed by atoms with Crippen LogP contribution in [0.1, 0.15) is 31.1 Å². The van der Waals surface area contributed by atoms with Crippen LogP contribution in [0.15, 0.2) is 36.4 Å². The Balaban J connectivity index is 1.63. The van der Waals surface area contributed by atoms with Crippen LogP contribution in [-0.2, 0) is 9.53 Å². The van der Waals surface area contributed by atoms with E-state index in [4.69, 9.17) is 14.2 Å². The maximum atomic E-state index is 12.2. The first-order valence-electron chi connectivity index (χ1n) is 8.50. The van der Waals surface area contributed by atoms with E-state index >= 15 is 0 Å². The second-order valence-corrected chi connectivity index (χ2v) is 6.16. The van der Waals surface area contributed by atoms with Crippen LogP contribution in [0.3, 0.4) is 0 Å². The summed E-state index contributed by atoms with van der Waals surface area (Å²) in [4.78, 5) is 49.2. The van der Waals surface area contributed by atoms with Gasteiger partial charge < -0.3 is 19.5 Å². The van der Waals surface area contributed by atoms with Gasteiger partial charge in [-0.25, -0.2) is 4.79 Å². The number of hydrogen-bond acceptors (Lipinski definition) is 7. The first kappa shape index (κ1) is 19.9. The SMILES string of the molecule is COc1cc(OC)cc(C(=O)OCC(=O)Nc2ccc3c(c2)C(=O)N(C)C3=O)c1. The van der Waals surface area contributed by atoms with Gasteiger partial charge in [0.1, 0.15) is 11.5 Å². The molecule has 1 aliphatic rings. The minimum absolute atomic E-state index is 0.165. The van der Waals surface area contributed by atoms with Gasteiger partial charge in [0, 0.05) is 18.8 Å². The summed E-state index contributed by atoms with van der Waals surface area (Å²) in [5.41, 5.74) is 0.952. The fraction of sp³-hybridized carbons (Fsp3) is 0.200. The molecule has 9 heteroatoms. The lowest BCUT2D eigenvalue weighted by Gasteiger charge is -2.09. The lowest BCUT2D eigenvalue weighted by Crippen LogP contribution is -2.24. The van der Waals surface area contributed by atoms with Gasteiger partial charge in [0.05, 0.1) is 30.9 Å². The largest absolute Gasteiger partial charge is 0.497 e. The Morgan fingerprint density at radius 3 is 2.17 bits per heavy atom. The summed E-state index contributed by atoms with van der Waals surface area (Å²) in [6.07, 6.45) is 0. The molecule has 0 bridgehead atoms. The molecule has 0 aromatic heterocycles. The van der Waals surface area contributed by atoms with Gasteiger partial charge in [-0.2, -0.15) is 0 Å². The topological polar surface area (TPSA) is 111 Å². The van der Waals surface area contributed by atoms with Crippen LogP contribution in [0, 0.1) is 0 Å². The van der Waals surface area contributed by atoms with Crippen LogP contribution in [0.5, 0.6) is 11.5 Å². The first-order valence-corrected chi connectivity index (χ1v) is 8.50. The molecule has 1 aliphatic heterocycles. The third-order valence-electron chi connectivity index (χ3n) is 4.29. The smallest absolute Gasteiger partial charge is 0.338 e. The average molecular weight is 398 g/mol. The molecule has 2 aromatic carbocycles. The predicted molar refractivity (Wildman–Crippen MR) is 101 cm³/mol. The highest BCUT2D eigenvalue weighted by atomic mass is 16.5. The number of fused-ring (bicyclic) bond motifs is 1. The van der Waals surface area contributed by atoms with Crippen molar-refractivity contribution in [3.8, 4) is 11.5 Å². The Hall–Kier alpha value is -3.88. The van der Waals surface area contributed by atoms with Crippen molar-refractivity contribution in [2.75, 3.05) is 33.2 Å². The molecule has 3 rings (SSSR count). The number of hydrogen-bond donors (Lipinski definition) is 1. The zero-order valence-corrected chi connectivity index (χ0v) is 16.0. The lowest BCUT2D eigenvalue weighted by atomic mass is 10.1. The van der Waals surface area contributed by atoms with Gasteiger partial charge in [-0.15, -0.1) is 0 Å². The quantitative estimate of drug-likeness (QED) is 0.583. The maximum Gasteiger partial charge on any atom is 0.338 e. The van der Waals surface area contributed by atoms with Crippen molar-refractivity contribution in [1.29, 1.82) is 0 Å². The molecular weight excluding hydrogens is 380 g/mol. The fourth-order valence-electron chi connectivity index (χ4n) is 2.78. The van der Waals surface area contributed by atoms with Crippen molar-refractivity contribution in [1.82, 2.24) is 4.90 Å². The Bertz CT molecular complexity index is 994. The third kappa shape index (κ3) is 4.03. The van der Waals surface area contributed by atoms with Crippen molar-refractivity contribution >= 4 is 29.4 Å². The van der Waals surface area contributed by atoms with Gasteiger partial charge in [0.25, 0.3) is 17.7 Å². The second-order valence-electron chi connectivity index (χ2n) is 6.16. The molecule has 3 amide bonds. The van der Waals surface area contributed by atoms with E-state index in [9.17, 15) is 19.2 Å². The summed E-state index contributed by atoms with van der Waals surface area (Å²) in [6, 6.07) is 8.89. The Labute approximate surface area is 166 Å². The van der Waals surface area contributed by atoms with Gasteiger partial charge >= 0.3 is 5.97 Å². The Morgan fingerprint density at radius 1 is 0.931 bits per heavy atom. The fourth-order valence-corrected chi connectivity index (χ4v) is 2.78. The number of rotatable bonds is 6. The van der Waals surface area contributed by atoms with Crippen molar-refractivity contribution in [2.24, 2.45) is 0 Å².